The average molecular weight is 726 g/mol. The molecule has 258 valence electrons. The summed E-state index contributed by atoms with van der Waals surface area (Å²) in [4.78, 5) is 24.6. The Hall–Kier alpha value is -7.29. The Labute approximate surface area is 318 Å². The van der Waals surface area contributed by atoms with Crippen molar-refractivity contribution in [2.75, 3.05) is 0 Å². The summed E-state index contributed by atoms with van der Waals surface area (Å²) in [5.74, 6) is 2.39. The van der Waals surface area contributed by atoms with Crippen LogP contribution in [0.1, 0.15) is 0 Å². The summed E-state index contributed by atoms with van der Waals surface area (Å²) in [5.41, 5.74) is 10.6. The summed E-state index contributed by atoms with van der Waals surface area (Å²) in [6.45, 7) is 0. The molecule has 0 amide bonds. The Kier molecular flexibility index (Phi) is 7.21. The fraction of sp³-hybridized carbons (Fsp3) is 0. The van der Waals surface area contributed by atoms with E-state index in [0.29, 0.717) is 23.4 Å². The third-order valence-corrected chi connectivity index (χ3v) is 10.9. The maximum atomic E-state index is 6.71. The Morgan fingerprint density at radius 1 is 0.382 bits per heavy atom. The van der Waals surface area contributed by atoms with E-state index >= 15 is 0 Å². The van der Waals surface area contributed by atoms with Gasteiger partial charge >= 0.3 is 0 Å². The van der Waals surface area contributed by atoms with E-state index in [-0.39, 0.29) is 0 Å². The molecule has 0 atom stereocenters. The lowest BCUT2D eigenvalue weighted by molar-refractivity contribution is 0.615. The molecule has 0 saturated carbocycles. The third kappa shape index (κ3) is 5.47. The molecule has 7 nitrogen and oxygen atoms in total. The van der Waals surface area contributed by atoms with Crippen molar-refractivity contribution in [2.45, 2.75) is 0 Å². The molecule has 4 aromatic heterocycles. The number of hydrogen-bond acceptors (Lipinski definition) is 8. The van der Waals surface area contributed by atoms with Gasteiger partial charge in [0.05, 0.1) is 15.8 Å². The van der Waals surface area contributed by atoms with Gasteiger partial charge in [0.25, 0.3) is 0 Å². The standard InChI is InChI=1S/C47H27N5O2S/c1-3-12-28(13-4-1)43-50-44(29-14-5-2-6-15-29)52-45(51-43)31-24-25-40-38(27-31)49-47(55-40)32-17-9-16-30(26-32)33-18-10-19-34-35-20-11-21-36(42(35)54-41(33)34)46-48-37-22-7-8-23-39(37)53-46/h1-27H. The molecule has 7 aromatic carbocycles. The lowest BCUT2D eigenvalue weighted by Gasteiger charge is -2.08. The second-order valence-corrected chi connectivity index (χ2v) is 14.3. The topological polar surface area (TPSA) is 90.7 Å². The van der Waals surface area contributed by atoms with Crippen molar-refractivity contribution in [3.8, 4) is 67.3 Å². The number of fused-ring (bicyclic) bond motifs is 5. The highest BCUT2D eigenvalue weighted by atomic mass is 32.1. The van der Waals surface area contributed by atoms with Crippen molar-refractivity contribution in [1.29, 1.82) is 0 Å². The quantitative estimate of drug-likeness (QED) is 0.168. The molecule has 0 aliphatic rings. The molecule has 0 aliphatic carbocycles. The minimum atomic E-state index is 0.539. The molecule has 0 spiro atoms. The van der Waals surface area contributed by atoms with Crippen molar-refractivity contribution in [2.24, 2.45) is 0 Å². The van der Waals surface area contributed by atoms with Crippen LogP contribution in [0.5, 0.6) is 0 Å². The molecule has 0 radical (unpaired) electrons. The largest absolute Gasteiger partial charge is 0.455 e. The van der Waals surface area contributed by atoms with Gasteiger partial charge in [-0.2, -0.15) is 0 Å². The smallest absolute Gasteiger partial charge is 0.231 e. The first kappa shape index (κ1) is 31.3. The first-order valence-electron chi connectivity index (χ1n) is 17.9. The Bertz CT molecular complexity index is 3130. The number of thiazole rings is 1. The summed E-state index contributed by atoms with van der Waals surface area (Å²) >= 11 is 1.66. The van der Waals surface area contributed by atoms with Crippen LogP contribution >= 0.6 is 11.3 Å². The second-order valence-electron chi connectivity index (χ2n) is 13.3. The molecule has 11 rings (SSSR count). The highest BCUT2D eigenvalue weighted by Gasteiger charge is 2.19. The van der Waals surface area contributed by atoms with Gasteiger partial charge in [0, 0.05) is 38.6 Å². The SMILES string of the molecule is c1ccc(-c2nc(-c3ccccc3)nc(-c3ccc4sc(-c5cccc(-c6cccc7c6oc6c(-c8nc9ccccc9o8)cccc67)c5)nc4c3)n2)cc1. The number of benzene rings is 7. The second kappa shape index (κ2) is 12.7. The van der Waals surface area contributed by atoms with Crippen molar-refractivity contribution in [3.05, 3.63) is 164 Å². The number of furan rings is 1. The van der Waals surface area contributed by atoms with Gasteiger partial charge in [-0.05, 0) is 48.0 Å². The van der Waals surface area contributed by atoms with Crippen molar-refractivity contribution < 1.29 is 8.83 Å². The lowest BCUT2D eigenvalue weighted by Crippen LogP contribution is -2.00. The first-order valence-corrected chi connectivity index (χ1v) is 18.7. The van der Waals surface area contributed by atoms with Crippen LogP contribution in [0.2, 0.25) is 0 Å². The maximum absolute atomic E-state index is 6.71. The van der Waals surface area contributed by atoms with E-state index < -0.39 is 0 Å². The monoisotopic (exact) mass is 725 g/mol. The molecule has 0 N–H and O–H groups in total. The van der Waals surface area contributed by atoms with Gasteiger partial charge in [-0.25, -0.2) is 24.9 Å². The highest BCUT2D eigenvalue weighted by molar-refractivity contribution is 7.21. The molecule has 0 saturated heterocycles. The Morgan fingerprint density at radius 3 is 1.71 bits per heavy atom. The molecule has 55 heavy (non-hydrogen) atoms. The molecule has 0 fully saturated rings. The van der Waals surface area contributed by atoms with Crippen molar-refractivity contribution in [3.63, 3.8) is 0 Å². The molecular weight excluding hydrogens is 699 g/mol. The van der Waals surface area contributed by atoms with Crippen LogP contribution in [0.15, 0.2) is 173 Å². The summed E-state index contributed by atoms with van der Waals surface area (Å²) in [6, 6.07) is 55.0. The van der Waals surface area contributed by atoms with E-state index in [0.717, 1.165) is 87.2 Å². The van der Waals surface area contributed by atoms with Crippen LogP contribution in [0.4, 0.5) is 0 Å². The normalized spacial score (nSPS) is 11.6. The fourth-order valence-corrected chi connectivity index (χ4v) is 8.09. The highest BCUT2D eigenvalue weighted by Crippen LogP contribution is 2.41. The molecule has 11 aromatic rings. The Morgan fingerprint density at radius 2 is 0.982 bits per heavy atom. The van der Waals surface area contributed by atoms with Crippen LogP contribution in [-0.2, 0) is 0 Å². The van der Waals surface area contributed by atoms with Crippen LogP contribution in [0.25, 0.3) is 111 Å². The summed E-state index contributed by atoms with van der Waals surface area (Å²) in [7, 11) is 0. The van der Waals surface area contributed by atoms with E-state index in [1.165, 1.54) is 0 Å². The van der Waals surface area contributed by atoms with E-state index in [4.69, 9.17) is 33.8 Å². The number of para-hydroxylation sites is 4. The predicted molar refractivity (Wildman–Crippen MR) is 220 cm³/mol. The lowest BCUT2D eigenvalue weighted by atomic mass is 10.0. The van der Waals surface area contributed by atoms with Gasteiger partial charge in [0.15, 0.2) is 23.1 Å². The van der Waals surface area contributed by atoms with Gasteiger partial charge in [-0.3, -0.25) is 0 Å². The number of hydrogen-bond donors (Lipinski definition) is 0. The van der Waals surface area contributed by atoms with E-state index in [9.17, 15) is 0 Å². The minimum Gasteiger partial charge on any atom is -0.455 e. The number of oxazole rings is 1. The third-order valence-electron chi connectivity index (χ3n) is 9.81. The van der Waals surface area contributed by atoms with Crippen molar-refractivity contribution >= 4 is 54.6 Å². The maximum Gasteiger partial charge on any atom is 0.231 e. The minimum absolute atomic E-state index is 0.539. The molecule has 0 unspecified atom stereocenters. The first-order chi connectivity index (χ1) is 27.2. The zero-order chi connectivity index (χ0) is 36.3. The predicted octanol–water partition coefficient (Wildman–Crippen LogP) is 12.5. The van der Waals surface area contributed by atoms with Gasteiger partial charge < -0.3 is 8.83 Å². The van der Waals surface area contributed by atoms with E-state index in [1.54, 1.807) is 11.3 Å². The number of aromatic nitrogens is 5. The molecular formula is C47H27N5O2S. The Balaban J connectivity index is 0.975. The molecule has 0 bridgehead atoms. The molecule has 0 aliphatic heterocycles. The van der Waals surface area contributed by atoms with Gasteiger partial charge in [0.2, 0.25) is 5.89 Å². The molecule has 8 heteroatoms. The van der Waals surface area contributed by atoms with Crippen molar-refractivity contribution in [1.82, 2.24) is 24.9 Å². The summed E-state index contributed by atoms with van der Waals surface area (Å²) < 4.78 is 13.9. The van der Waals surface area contributed by atoms with Gasteiger partial charge in [0.1, 0.15) is 21.7 Å². The van der Waals surface area contributed by atoms with Crippen LogP contribution in [0.3, 0.4) is 0 Å². The van der Waals surface area contributed by atoms with Crippen LogP contribution in [0, 0.1) is 0 Å². The van der Waals surface area contributed by atoms with E-state index in [1.807, 2.05) is 97.1 Å². The molecule has 4 heterocycles. The zero-order valence-corrected chi connectivity index (χ0v) is 29.9. The number of nitrogens with zero attached hydrogens (tertiary/aromatic N) is 5. The fourth-order valence-electron chi connectivity index (χ4n) is 7.15. The van der Waals surface area contributed by atoms with Gasteiger partial charge in [-0.15, -0.1) is 11.3 Å². The van der Waals surface area contributed by atoms with Gasteiger partial charge in [-0.1, -0.05) is 121 Å². The van der Waals surface area contributed by atoms with E-state index in [2.05, 4.69) is 66.7 Å². The zero-order valence-electron chi connectivity index (χ0n) is 29.0. The number of rotatable bonds is 6. The average Bonchev–Trinajstić information content (AvgIpc) is 3.99. The van der Waals surface area contributed by atoms with Crippen LogP contribution < -0.4 is 0 Å². The summed E-state index contributed by atoms with van der Waals surface area (Å²) in [5, 5.41) is 2.97. The summed E-state index contributed by atoms with van der Waals surface area (Å²) in [6.07, 6.45) is 0. The van der Waals surface area contributed by atoms with Crippen LogP contribution in [-0.4, -0.2) is 24.9 Å².